The normalized spacial score (nSPS) is 9.29. The van der Waals surface area contributed by atoms with Gasteiger partial charge in [0.1, 0.15) is 0 Å². The number of nitriles is 1. The Labute approximate surface area is 88.1 Å². The quantitative estimate of drug-likeness (QED) is 0.381. The molecule has 0 bridgehead atoms. The summed E-state index contributed by atoms with van der Waals surface area (Å²) < 4.78 is 26.3. The molecule has 0 unspecified atom stereocenters. The van der Waals surface area contributed by atoms with Crippen molar-refractivity contribution in [3.8, 4) is 6.07 Å². The molecule has 0 amide bonds. The Bertz CT molecular complexity index is 441. The SMILES string of the molecule is [C-]#[N+]c1c(F)c(Cl)c(Cl)c(F)c1C#N. The second-order valence-corrected chi connectivity index (χ2v) is 2.96. The summed E-state index contributed by atoms with van der Waals surface area (Å²) in [5.41, 5.74) is -1.48. The molecule has 0 saturated carbocycles. The largest absolute Gasteiger partial charge is 0.244 e. The van der Waals surface area contributed by atoms with Crippen LogP contribution in [0.5, 0.6) is 0 Å². The van der Waals surface area contributed by atoms with Crippen molar-refractivity contribution in [2.75, 3.05) is 0 Å². The Morgan fingerprint density at radius 3 is 2.14 bits per heavy atom. The fourth-order valence-electron chi connectivity index (χ4n) is 0.827. The second kappa shape index (κ2) is 3.79. The summed E-state index contributed by atoms with van der Waals surface area (Å²) in [5.74, 6) is -2.35. The maximum Gasteiger partial charge on any atom is 0.244 e. The van der Waals surface area contributed by atoms with Crippen LogP contribution in [0.25, 0.3) is 4.85 Å². The highest BCUT2D eigenvalue weighted by molar-refractivity contribution is 6.42. The molecular weight excluding hydrogens is 233 g/mol. The van der Waals surface area contributed by atoms with E-state index >= 15 is 0 Å². The van der Waals surface area contributed by atoms with Crippen LogP contribution in [-0.2, 0) is 0 Å². The highest BCUT2D eigenvalue weighted by atomic mass is 35.5. The molecule has 0 heterocycles. The minimum absolute atomic E-state index is 0.686. The first-order valence-electron chi connectivity index (χ1n) is 3.18. The third-order valence-corrected chi connectivity index (χ3v) is 2.27. The van der Waals surface area contributed by atoms with Crippen LogP contribution in [0.4, 0.5) is 14.5 Å². The fourth-order valence-corrected chi connectivity index (χ4v) is 1.18. The van der Waals surface area contributed by atoms with Gasteiger partial charge >= 0.3 is 0 Å². The third kappa shape index (κ3) is 1.39. The van der Waals surface area contributed by atoms with E-state index in [1.807, 2.05) is 0 Å². The zero-order chi connectivity index (χ0) is 10.9. The van der Waals surface area contributed by atoms with Crippen LogP contribution in [0.1, 0.15) is 5.56 Å². The highest BCUT2D eigenvalue weighted by Crippen LogP contribution is 2.37. The molecule has 70 valence electrons. The lowest BCUT2D eigenvalue weighted by Gasteiger charge is -2.03. The highest BCUT2D eigenvalue weighted by Gasteiger charge is 2.22. The molecule has 0 spiro atoms. The number of rotatable bonds is 0. The number of halogens is 4. The van der Waals surface area contributed by atoms with E-state index < -0.39 is 32.9 Å². The van der Waals surface area contributed by atoms with Gasteiger partial charge in [0, 0.05) is 0 Å². The molecule has 1 aromatic rings. The Hall–Kier alpha value is -1.36. The minimum atomic E-state index is -1.18. The first-order chi connectivity index (χ1) is 6.54. The molecule has 1 rings (SSSR count). The Balaban J connectivity index is 3.79. The number of nitrogens with zero attached hydrogens (tertiary/aromatic N) is 2. The van der Waals surface area contributed by atoms with E-state index in [0.29, 0.717) is 0 Å². The monoisotopic (exact) mass is 232 g/mol. The van der Waals surface area contributed by atoms with Crippen molar-refractivity contribution in [3.05, 3.63) is 38.7 Å². The average Bonchev–Trinajstić information content (AvgIpc) is 2.20. The predicted octanol–water partition coefficient (Wildman–Crippen LogP) is 3.69. The van der Waals surface area contributed by atoms with E-state index in [0.717, 1.165) is 0 Å². The van der Waals surface area contributed by atoms with E-state index in [1.54, 1.807) is 0 Å². The molecule has 1 aromatic carbocycles. The van der Waals surface area contributed by atoms with E-state index in [9.17, 15) is 8.78 Å². The molecule has 0 aliphatic heterocycles. The zero-order valence-corrected chi connectivity index (χ0v) is 7.92. The first kappa shape index (κ1) is 10.7. The Morgan fingerprint density at radius 2 is 1.71 bits per heavy atom. The molecule has 14 heavy (non-hydrogen) atoms. The molecule has 2 nitrogen and oxygen atoms in total. The van der Waals surface area contributed by atoms with Crippen LogP contribution in [-0.4, -0.2) is 0 Å². The standard InChI is InChI=1S/C8Cl2F2N2/c1-14-8-3(2-13)6(11)4(9)5(10)7(8)12. The van der Waals surface area contributed by atoms with Crippen molar-refractivity contribution in [2.45, 2.75) is 0 Å². The van der Waals surface area contributed by atoms with Gasteiger partial charge in [-0.1, -0.05) is 23.2 Å². The van der Waals surface area contributed by atoms with Gasteiger partial charge in [0.2, 0.25) is 5.69 Å². The van der Waals surface area contributed by atoms with Crippen molar-refractivity contribution >= 4 is 28.9 Å². The number of hydrogen-bond donors (Lipinski definition) is 0. The Morgan fingerprint density at radius 1 is 1.21 bits per heavy atom. The molecule has 0 fully saturated rings. The topological polar surface area (TPSA) is 28.1 Å². The lowest BCUT2D eigenvalue weighted by atomic mass is 10.2. The van der Waals surface area contributed by atoms with Gasteiger partial charge in [-0.05, 0) is 0 Å². The molecule has 0 aromatic heterocycles. The summed E-state index contributed by atoms with van der Waals surface area (Å²) in [4.78, 5) is 2.67. The van der Waals surface area contributed by atoms with E-state index in [1.165, 1.54) is 6.07 Å². The molecule has 0 aliphatic rings. The van der Waals surface area contributed by atoms with Gasteiger partial charge in [0.25, 0.3) is 0 Å². The number of hydrogen-bond acceptors (Lipinski definition) is 1. The van der Waals surface area contributed by atoms with E-state index in [2.05, 4.69) is 4.85 Å². The van der Waals surface area contributed by atoms with Crippen molar-refractivity contribution in [1.29, 1.82) is 5.26 Å². The fraction of sp³-hybridized carbons (Fsp3) is 0. The van der Waals surface area contributed by atoms with Crippen LogP contribution in [0.15, 0.2) is 0 Å². The van der Waals surface area contributed by atoms with Crippen LogP contribution < -0.4 is 0 Å². The van der Waals surface area contributed by atoms with Gasteiger partial charge in [-0.2, -0.15) is 5.26 Å². The summed E-state index contributed by atoms with van der Waals surface area (Å²) in [6, 6.07) is 1.35. The van der Waals surface area contributed by atoms with Crippen molar-refractivity contribution in [1.82, 2.24) is 0 Å². The average molecular weight is 233 g/mol. The smallest absolute Gasteiger partial charge is 0.233 e. The summed E-state index contributed by atoms with van der Waals surface area (Å²) in [7, 11) is 0. The van der Waals surface area contributed by atoms with Crippen LogP contribution in [0.3, 0.4) is 0 Å². The van der Waals surface area contributed by atoms with Gasteiger partial charge < -0.3 is 0 Å². The van der Waals surface area contributed by atoms with Gasteiger partial charge in [-0.25, -0.2) is 13.6 Å². The zero-order valence-electron chi connectivity index (χ0n) is 6.41. The van der Waals surface area contributed by atoms with Crippen LogP contribution >= 0.6 is 23.2 Å². The third-order valence-electron chi connectivity index (χ3n) is 1.47. The van der Waals surface area contributed by atoms with E-state index in [4.69, 9.17) is 35.0 Å². The summed E-state index contributed by atoms with van der Waals surface area (Å²) >= 11 is 10.6. The van der Waals surface area contributed by atoms with Crippen molar-refractivity contribution in [3.63, 3.8) is 0 Å². The lowest BCUT2D eigenvalue weighted by molar-refractivity contribution is 0.602. The van der Waals surface area contributed by atoms with Gasteiger partial charge in [-0.15, -0.1) is 0 Å². The maximum atomic E-state index is 13.1. The van der Waals surface area contributed by atoms with Gasteiger partial charge in [0.15, 0.2) is 11.6 Å². The Kier molecular flexibility index (Phi) is 2.90. The minimum Gasteiger partial charge on any atom is -0.233 e. The molecule has 6 heteroatoms. The molecular formula is C8Cl2F2N2. The summed E-state index contributed by atoms with van der Waals surface area (Å²) in [6.45, 7) is 6.56. The predicted molar refractivity (Wildman–Crippen MR) is 47.4 cm³/mol. The van der Waals surface area contributed by atoms with E-state index in [-0.39, 0.29) is 0 Å². The van der Waals surface area contributed by atoms with Crippen LogP contribution in [0.2, 0.25) is 10.0 Å². The second-order valence-electron chi connectivity index (χ2n) is 2.20. The maximum absolute atomic E-state index is 13.1. The molecule has 0 radical (unpaired) electrons. The summed E-state index contributed by atoms with van der Waals surface area (Å²) in [5, 5.41) is 7.10. The first-order valence-corrected chi connectivity index (χ1v) is 3.93. The van der Waals surface area contributed by atoms with Crippen LogP contribution in [0, 0.1) is 29.5 Å². The van der Waals surface area contributed by atoms with Crippen molar-refractivity contribution in [2.24, 2.45) is 0 Å². The lowest BCUT2D eigenvalue weighted by Crippen LogP contribution is -1.91. The molecule has 0 saturated heterocycles. The van der Waals surface area contributed by atoms with Gasteiger partial charge in [-0.3, -0.25) is 0 Å². The number of benzene rings is 1. The summed E-state index contributed by atoms with van der Waals surface area (Å²) in [6.07, 6.45) is 0. The molecule has 0 atom stereocenters. The van der Waals surface area contributed by atoms with Gasteiger partial charge in [0.05, 0.1) is 28.3 Å². The molecule has 0 N–H and O–H groups in total. The molecule has 0 aliphatic carbocycles. The van der Waals surface area contributed by atoms with Crippen molar-refractivity contribution < 1.29 is 8.78 Å².